The van der Waals surface area contributed by atoms with Crippen molar-refractivity contribution in [2.24, 2.45) is 10.8 Å². The molecule has 0 N–H and O–H groups in total. The number of hydrogen-bond acceptors (Lipinski definition) is 2. The van der Waals surface area contributed by atoms with Crippen LogP contribution in [0, 0.1) is 10.8 Å². The third kappa shape index (κ3) is 1.79. The van der Waals surface area contributed by atoms with E-state index in [4.69, 9.17) is 4.74 Å². The summed E-state index contributed by atoms with van der Waals surface area (Å²) in [6, 6.07) is 0. The SMILES string of the molecule is C[C@@H]1OC2=C(CC1(C)C)C1=CCCC(=O)[C@@]1(C)CC2. The van der Waals surface area contributed by atoms with Crippen LogP contribution in [0.4, 0.5) is 0 Å². The van der Waals surface area contributed by atoms with Gasteiger partial charge >= 0.3 is 0 Å². The molecule has 2 nitrogen and oxygen atoms in total. The fourth-order valence-electron chi connectivity index (χ4n) is 3.69. The molecular formula is C17H24O2. The van der Waals surface area contributed by atoms with E-state index < -0.39 is 0 Å². The zero-order valence-electron chi connectivity index (χ0n) is 12.5. The number of allylic oxidation sites excluding steroid dienone is 4. The Labute approximate surface area is 115 Å². The van der Waals surface area contributed by atoms with Gasteiger partial charge in [-0.25, -0.2) is 0 Å². The van der Waals surface area contributed by atoms with Gasteiger partial charge in [0.25, 0.3) is 0 Å². The third-order valence-corrected chi connectivity index (χ3v) is 5.50. The molecule has 2 heteroatoms. The summed E-state index contributed by atoms with van der Waals surface area (Å²) in [5, 5.41) is 0. The minimum atomic E-state index is -0.239. The standard InChI is InChI=1S/C17H24O2/c1-11-16(2,3)10-12-13-6-5-7-15(18)17(13,4)9-8-14(12)19-11/h6,11H,5,7-10H2,1-4H3/t11-,17-/m0/s1. The summed E-state index contributed by atoms with van der Waals surface area (Å²) in [5.74, 6) is 1.58. The summed E-state index contributed by atoms with van der Waals surface area (Å²) in [5.41, 5.74) is 2.53. The van der Waals surface area contributed by atoms with Crippen LogP contribution in [0.1, 0.15) is 59.8 Å². The van der Waals surface area contributed by atoms with E-state index in [1.54, 1.807) is 0 Å². The lowest BCUT2D eigenvalue weighted by atomic mass is 9.61. The molecule has 2 atom stereocenters. The molecule has 0 radical (unpaired) electrons. The second-order valence-electron chi connectivity index (χ2n) is 7.24. The number of ether oxygens (including phenoxy) is 1. The number of carbonyl (C=O) groups excluding carboxylic acids is 1. The molecule has 1 aliphatic heterocycles. The first-order valence-electron chi connectivity index (χ1n) is 7.47. The van der Waals surface area contributed by atoms with E-state index in [1.165, 1.54) is 11.1 Å². The molecule has 0 bridgehead atoms. The van der Waals surface area contributed by atoms with Gasteiger partial charge in [-0.05, 0) is 44.3 Å². The monoisotopic (exact) mass is 260 g/mol. The lowest BCUT2D eigenvalue weighted by Gasteiger charge is -2.47. The number of fused-ring (bicyclic) bond motifs is 2. The molecule has 104 valence electrons. The van der Waals surface area contributed by atoms with E-state index in [0.29, 0.717) is 12.2 Å². The number of Topliss-reactive ketones (excluding diaryl/α,β-unsaturated/α-hetero) is 1. The highest BCUT2D eigenvalue weighted by Gasteiger charge is 2.47. The summed E-state index contributed by atoms with van der Waals surface area (Å²) < 4.78 is 6.16. The van der Waals surface area contributed by atoms with E-state index >= 15 is 0 Å². The van der Waals surface area contributed by atoms with Crippen LogP contribution in [0.2, 0.25) is 0 Å². The van der Waals surface area contributed by atoms with Crippen molar-refractivity contribution >= 4 is 5.78 Å². The molecule has 0 amide bonds. The first kappa shape index (κ1) is 13.0. The van der Waals surface area contributed by atoms with Gasteiger partial charge in [-0.1, -0.05) is 19.9 Å². The summed E-state index contributed by atoms with van der Waals surface area (Å²) in [7, 11) is 0. The fraction of sp³-hybridized carbons (Fsp3) is 0.706. The predicted octanol–water partition coefficient (Wildman–Crippen LogP) is 4.16. The lowest BCUT2D eigenvalue weighted by molar-refractivity contribution is -0.127. The Hall–Kier alpha value is -1.05. The highest BCUT2D eigenvalue weighted by atomic mass is 16.5. The second kappa shape index (κ2) is 3.97. The van der Waals surface area contributed by atoms with Gasteiger partial charge in [0.2, 0.25) is 0 Å². The molecular weight excluding hydrogens is 236 g/mol. The van der Waals surface area contributed by atoms with Gasteiger partial charge in [0.1, 0.15) is 11.9 Å². The molecule has 0 unspecified atom stereocenters. The van der Waals surface area contributed by atoms with E-state index in [-0.39, 0.29) is 16.9 Å². The van der Waals surface area contributed by atoms with Crippen molar-refractivity contribution in [2.75, 3.05) is 0 Å². The Bertz CT molecular complexity index is 495. The average molecular weight is 260 g/mol. The van der Waals surface area contributed by atoms with Crippen molar-refractivity contribution in [1.82, 2.24) is 0 Å². The van der Waals surface area contributed by atoms with Crippen molar-refractivity contribution in [1.29, 1.82) is 0 Å². The van der Waals surface area contributed by atoms with E-state index in [2.05, 4.69) is 33.8 Å². The molecule has 0 saturated carbocycles. The largest absolute Gasteiger partial charge is 0.494 e. The van der Waals surface area contributed by atoms with Crippen LogP contribution in [-0.2, 0) is 9.53 Å². The van der Waals surface area contributed by atoms with Crippen LogP contribution in [0.15, 0.2) is 23.0 Å². The highest BCUT2D eigenvalue weighted by molar-refractivity contribution is 5.90. The highest BCUT2D eigenvalue weighted by Crippen LogP contribution is 2.53. The van der Waals surface area contributed by atoms with Crippen LogP contribution in [0.3, 0.4) is 0 Å². The van der Waals surface area contributed by atoms with E-state index in [9.17, 15) is 4.79 Å². The maximum atomic E-state index is 12.3. The maximum absolute atomic E-state index is 12.3. The van der Waals surface area contributed by atoms with Gasteiger partial charge in [-0.2, -0.15) is 0 Å². The molecule has 0 aromatic rings. The molecule has 0 saturated heterocycles. The van der Waals surface area contributed by atoms with Gasteiger partial charge in [0.15, 0.2) is 0 Å². The molecule has 0 spiro atoms. The smallest absolute Gasteiger partial charge is 0.143 e. The number of hydrogen-bond donors (Lipinski definition) is 0. The van der Waals surface area contributed by atoms with Crippen LogP contribution in [0.5, 0.6) is 0 Å². The molecule has 0 aromatic carbocycles. The molecule has 3 aliphatic rings. The minimum Gasteiger partial charge on any atom is -0.494 e. The van der Waals surface area contributed by atoms with Crippen molar-refractivity contribution in [3.8, 4) is 0 Å². The van der Waals surface area contributed by atoms with Crippen LogP contribution < -0.4 is 0 Å². The number of ketones is 1. The summed E-state index contributed by atoms with van der Waals surface area (Å²) in [4.78, 5) is 12.3. The molecule has 0 fully saturated rings. The lowest BCUT2D eigenvalue weighted by Crippen LogP contribution is -2.42. The Balaban J connectivity index is 2.07. The molecule has 19 heavy (non-hydrogen) atoms. The predicted molar refractivity (Wildman–Crippen MR) is 75.6 cm³/mol. The van der Waals surface area contributed by atoms with Gasteiger partial charge in [-0.15, -0.1) is 0 Å². The summed E-state index contributed by atoms with van der Waals surface area (Å²) >= 11 is 0. The van der Waals surface area contributed by atoms with E-state index in [1.807, 2.05) is 0 Å². The van der Waals surface area contributed by atoms with Crippen LogP contribution in [-0.4, -0.2) is 11.9 Å². The molecule has 1 heterocycles. The minimum absolute atomic E-state index is 0.151. The molecule has 3 rings (SSSR count). The van der Waals surface area contributed by atoms with Gasteiger partial charge in [0.05, 0.1) is 11.2 Å². The first-order chi connectivity index (χ1) is 8.84. The fourth-order valence-corrected chi connectivity index (χ4v) is 3.69. The number of rotatable bonds is 0. The Morgan fingerprint density at radius 2 is 2.00 bits per heavy atom. The Morgan fingerprint density at radius 1 is 1.26 bits per heavy atom. The van der Waals surface area contributed by atoms with Crippen molar-refractivity contribution in [3.05, 3.63) is 23.0 Å². The van der Waals surface area contributed by atoms with Gasteiger partial charge < -0.3 is 4.74 Å². The van der Waals surface area contributed by atoms with E-state index in [0.717, 1.165) is 31.4 Å². The number of carbonyl (C=O) groups is 1. The maximum Gasteiger partial charge on any atom is 0.143 e. The van der Waals surface area contributed by atoms with Crippen molar-refractivity contribution < 1.29 is 9.53 Å². The Kier molecular flexibility index (Phi) is 2.71. The van der Waals surface area contributed by atoms with Crippen LogP contribution >= 0.6 is 0 Å². The summed E-state index contributed by atoms with van der Waals surface area (Å²) in [6.07, 6.45) is 7.05. The summed E-state index contributed by atoms with van der Waals surface area (Å²) in [6.45, 7) is 8.82. The average Bonchev–Trinajstić information content (AvgIpc) is 2.33. The molecule has 2 aliphatic carbocycles. The third-order valence-electron chi connectivity index (χ3n) is 5.50. The topological polar surface area (TPSA) is 26.3 Å². The van der Waals surface area contributed by atoms with Crippen molar-refractivity contribution in [2.45, 2.75) is 65.9 Å². The normalized spacial score (nSPS) is 37.2. The van der Waals surface area contributed by atoms with Crippen molar-refractivity contribution in [3.63, 3.8) is 0 Å². The molecule has 0 aromatic heterocycles. The second-order valence-corrected chi connectivity index (χ2v) is 7.24. The first-order valence-corrected chi connectivity index (χ1v) is 7.47. The zero-order valence-corrected chi connectivity index (χ0v) is 12.5. The van der Waals surface area contributed by atoms with Gasteiger partial charge in [0, 0.05) is 18.3 Å². The Morgan fingerprint density at radius 3 is 2.74 bits per heavy atom. The van der Waals surface area contributed by atoms with Gasteiger partial charge in [-0.3, -0.25) is 4.79 Å². The zero-order chi connectivity index (χ0) is 13.8. The quantitative estimate of drug-likeness (QED) is 0.653. The van der Waals surface area contributed by atoms with Crippen LogP contribution in [0.25, 0.3) is 0 Å².